The summed E-state index contributed by atoms with van der Waals surface area (Å²) in [6, 6.07) is 14.4. The van der Waals surface area contributed by atoms with Gasteiger partial charge in [-0.05, 0) is 48.5 Å². The lowest BCUT2D eigenvalue weighted by atomic mass is 10.1. The molecule has 0 aliphatic heterocycles. The molecule has 0 aliphatic rings. The summed E-state index contributed by atoms with van der Waals surface area (Å²) in [7, 11) is 3.17. The average Bonchev–Trinajstić information content (AvgIpc) is 3.06. The van der Waals surface area contributed by atoms with Gasteiger partial charge in [-0.1, -0.05) is 0 Å². The van der Waals surface area contributed by atoms with Gasteiger partial charge in [-0.3, -0.25) is 4.79 Å². The zero-order valence-electron chi connectivity index (χ0n) is 13.8. The van der Waals surface area contributed by atoms with E-state index in [1.54, 1.807) is 62.8 Å². The van der Waals surface area contributed by atoms with Gasteiger partial charge < -0.3 is 24.9 Å². The van der Waals surface area contributed by atoms with E-state index in [1.807, 2.05) is 0 Å². The Kier molecular flexibility index (Phi) is 4.56. The van der Waals surface area contributed by atoms with Crippen LogP contribution in [-0.2, 0) is 0 Å². The number of nitrogens with two attached hydrogens (primary N) is 1. The summed E-state index contributed by atoms with van der Waals surface area (Å²) in [4.78, 5) is 15.8. The van der Waals surface area contributed by atoms with Crippen molar-refractivity contribution in [3.8, 4) is 22.8 Å². The standard InChI is InChI=1S/C18H17N3O4/c1-23-13-7-3-11(4-8-13)16-15(17(19)22)21-18(25-16)20-12-5-9-14(24-2)10-6-12/h3-10H,1-2H3,(H2,19,22)(H,20,21). The van der Waals surface area contributed by atoms with Crippen molar-refractivity contribution < 1.29 is 18.7 Å². The number of carbonyl (C=O) groups excluding carboxylic acids is 1. The van der Waals surface area contributed by atoms with E-state index in [9.17, 15) is 4.79 Å². The van der Waals surface area contributed by atoms with Crippen LogP contribution < -0.4 is 20.5 Å². The van der Waals surface area contributed by atoms with Crippen LogP contribution in [0.2, 0.25) is 0 Å². The number of aromatic nitrogens is 1. The lowest BCUT2D eigenvalue weighted by molar-refractivity contribution is 0.0996. The van der Waals surface area contributed by atoms with Crippen LogP contribution in [0.15, 0.2) is 52.9 Å². The summed E-state index contributed by atoms with van der Waals surface area (Å²) in [5.74, 6) is 1.05. The molecule has 2 aromatic carbocycles. The molecular formula is C18H17N3O4. The van der Waals surface area contributed by atoms with E-state index in [0.717, 1.165) is 11.4 Å². The van der Waals surface area contributed by atoms with Crippen molar-refractivity contribution in [2.24, 2.45) is 5.73 Å². The van der Waals surface area contributed by atoms with Gasteiger partial charge in [-0.25, -0.2) is 0 Å². The topological polar surface area (TPSA) is 99.6 Å². The smallest absolute Gasteiger partial charge is 0.300 e. The van der Waals surface area contributed by atoms with E-state index >= 15 is 0 Å². The van der Waals surface area contributed by atoms with Crippen molar-refractivity contribution in [2.45, 2.75) is 0 Å². The van der Waals surface area contributed by atoms with Crippen molar-refractivity contribution in [2.75, 3.05) is 19.5 Å². The molecule has 0 atom stereocenters. The SMILES string of the molecule is COc1ccc(Nc2nc(C(N)=O)c(-c3ccc(OC)cc3)o2)cc1. The summed E-state index contributed by atoms with van der Waals surface area (Å²) in [5.41, 5.74) is 6.89. The first-order valence-corrected chi connectivity index (χ1v) is 7.47. The molecule has 128 valence electrons. The lowest BCUT2D eigenvalue weighted by Crippen LogP contribution is -2.12. The number of anilines is 2. The van der Waals surface area contributed by atoms with Crippen molar-refractivity contribution in [1.82, 2.24) is 4.98 Å². The number of nitrogens with zero attached hydrogens (tertiary/aromatic N) is 1. The fraction of sp³-hybridized carbons (Fsp3) is 0.111. The summed E-state index contributed by atoms with van der Waals surface area (Å²) >= 11 is 0. The maximum atomic E-state index is 11.7. The Bertz CT molecular complexity index is 870. The van der Waals surface area contributed by atoms with Crippen LogP contribution in [0, 0.1) is 0 Å². The fourth-order valence-electron chi connectivity index (χ4n) is 2.28. The molecule has 0 saturated heterocycles. The Morgan fingerprint density at radius 3 is 2.08 bits per heavy atom. The van der Waals surface area contributed by atoms with Gasteiger partial charge in [0, 0.05) is 11.3 Å². The number of carbonyl (C=O) groups is 1. The maximum absolute atomic E-state index is 11.7. The van der Waals surface area contributed by atoms with Gasteiger partial charge in [0.1, 0.15) is 11.5 Å². The third-order valence-corrected chi connectivity index (χ3v) is 3.55. The lowest BCUT2D eigenvalue weighted by Gasteiger charge is -2.03. The van der Waals surface area contributed by atoms with Gasteiger partial charge in [0.15, 0.2) is 11.5 Å². The zero-order chi connectivity index (χ0) is 17.8. The monoisotopic (exact) mass is 339 g/mol. The molecule has 0 bridgehead atoms. The maximum Gasteiger partial charge on any atom is 0.300 e. The van der Waals surface area contributed by atoms with E-state index in [1.165, 1.54) is 0 Å². The van der Waals surface area contributed by atoms with Gasteiger partial charge in [-0.2, -0.15) is 4.98 Å². The van der Waals surface area contributed by atoms with Crippen LogP contribution in [-0.4, -0.2) is 25.1 Å². The predicted octanol–water partition coefficient (Wildman–Crippen LogP) is 3.20. The minimum absolute atomic E-state index is 0.0566. The van der Waals surface area contributed by atoms with Crippen molar-refractivity contribution in [3.05, 3.63) is 54.2 Å². The average molecular weight is 339 g/mol. The Balaban J connectivity index is 1.91. The van der Waals surface area contributed by atoms with E-state index in [2.05, 4.69) is 10.3 Å². The van der Waals surface area contributed by atoms with Gasteiger partial charge in [0.05, 0.1) is 14.2 Å². The third kappa shape index (κ3) is 3.55. The summed E-state index contributed by atoms with van der Waals surface area (Å²) in [5, 5.41) is 3.00. The van der Waals surface area contributed by atoms with Gasteiger partial charge in [0.25, 0.3) is 11.9 Å². The molecule has 3 N–H and O–H groups in total. The molecule has 0 unspecified atom stereocenters. The van der Waals surface area contributed by atoms with Crippen LogP contribution in [0.25, 0.3) is 11.3 Å². The molecule has 1 amide bonds. The number of hydrogen-bond acceptors (Lipinski definition) is 6. The second kappa shape index (κ2) is 6.96. The molecule has 0 saturated carbocycles. The Labute approximate surface area is 144 Å². The Morgan fingerprint density at radius 2 is 1.56 bits per heavy atom. The number of amides is 1. The first kappa shape index (κ1) is 16.4. The van der Waals surface area contributed by atoms with Crippen LogP contribution in [0.4, 0.5) is 11.7 Å². The number of nitrogens with one attached hydrogen (secondary N) is 1. The normalized spacial score (nSPS) is 10.3. The Morgan fingerprint density at radius 1 is 1.00 bits per heavy atom. The van der Waals surface area contributed by atoms with E-state index in [4.69, 9.17) is 19.6 Å². The van der Waals surface area contributed by atoms with Gasteiger partial charge in [-0.15, -0.1) is 0 Å². The summed E-state index contributed by atoms with van der Waals surface area (Å²) in [6.45, 7) is 0. The highest BCUT2D eigenvalue weighted by Gasteiger charge is 2.19. The molecule has 25 heavy (non-hydrogen) atoms. The first-order chi connectivity index (χ1) is 12.1. The molecular weight excluding hydrogens is 322 g/mol. The summed E-state index contributed by atoms with van der Waals surface area (Å²) in [6.07, 6.45) is 0. The molecule has 0 fully saturated rings. The number of benzene rings is 2. The minimum Gasteiger partial charge on any atom is -0.497 e. The van der Waals surface area contributed by atoms with Crippen LogP contribution in [0.3, 0.4) is 0 Å². The number of primary amides is 1. The molecule has 7 nitrogen and oxygen atoms in total. The molecule has 0 aliphatic carbocycles. The predicted molar refractivity (Wildman–Crippen MR) is 93.3 cm³/mol. The van der Waals surface area contributed by atoms with Gasteiger partial charge in [0.2, 0.25) is 0 Å². The molecule has 0 radical (unpaired) electrons. The first-order valence-electron chi connectivity index (χ1n) is 7.47. The zero-order valence-corrected chi connectivity index (χ0v) is 13.8. The number of ether oxygens (including phenoxy) is 2. The molecule has 1 heterocycles. The van der Waals surface area contributed by atoms with E-state index in [0.29, 0.717) is 17.1 Å². The molecule has 3 aromatic rings. The summed E-state index contributed by atoms with van der Waals surface area (Å²) < 4.78 is 15.9. The minimum atomic E-state index is -0.669. The number of oxazole rings is 1. The van der Waals surface area contributed by atoms with E-state index in [-0.39, 0.29) is 11.7 Å². The van der Waals surface area contributed by atoms with Crippen LogP contribution in [0.1, 0.15) is 10.5 Å². The van der Waals surface area contributed by atoms with E-state index < -0.39 is 5.91 Å². The van der Waals surface area contributed by atoms with Crippen molar-refractivity contribution >= 4 is 17.6 Å². The van der Waals surface area contributed by atoms with Crippen molar-refractivity contribution in [3.63, 3.8) is 0 Å². The number of rotatable bonds is 6. The molecule has 3 rings (SSSR count). The van der Waals surface area contributed by atoms with Crippen LogP contribution in [0.5, 0.6) is 11.5 Å². The van der Waals surface area contributed by atoms with Gasteiger partial charge >= 0.3 is 0 Å². The molecule has 1 aromatic heterocycles. The second-order valence-corrected chi connectivity index (χ2v) is 5.14. The highest BCUT2D eigenvalue weighted by Crippen LogP contribution is 2.30. The highest BCUT2D eigenvalue weighted by molar-refractivity contribution is 5.97. The third-order valence-electron chi connectivity index (χ3n) is 3.55. The largest absolute Gasteiger partial charge is 0.497 e. The number of hydrogen-bond donors (Lipinski definition) is 2. The highest BCUT2D eigenvalue weighted by atomic mass is 16.5. The number of methoxy groups -OCH3 is 2. The Hall–Kier alpha value is -3.48. The van der Waals surface area contributed by atoms with Crippen LogP contribution >= 0.6 is 0 Å². The quantitative estimate of drug-likeness (QED) is 0.715. The van der Waals surface area contributed by atoms with Crippen molar-refractivity contribution in [1.29, 1.82) is 0 Å². The fourth-order valence-corrected chi connectivity index (χ4v) is 2.28. The molecule has 7 heteroatoms. The second-order valence-electron chi connectivity index (χ2n) is 5.14. The molecule has 0 spiro atoms.